The second-order valence-corrected chi connectivity index (χ2v) is 5.49. The maximum absolute atomic E-state index is 12.0. The van der Waals surface area contributed by atoms with Crippen LogP contribution in [-0.4, -0.2) is 25.1 Å². The van der Waals surface area contributed by atoms with Gasteiger partial charge in [0.2, 0.25) is 0 Å². The van der Waals surface area contributed by atoms with Gasteiger partial charge >= 0.3 is 11.8 Å². The third-order valence-electron chi connectivity index (χ3n) is 3.69. The second kappa shape index (κ2) is 7.94. The Morgan fingerprint density at radius 1 is 0.923 bits per heavy atom. The number of hydrogen-bond acceptors (Lipinski definition) is 4. The van der Waals surface area contributed by atoms with Crippen molar-refractivity contribution in [3.8, 4) is 5.75 Å². The molecule has 0 aliphatic heterocycles. The molecule has 6 nitrogen and oxygen atoms in total. The largest absolute Gasteiger partial charge is 0.497 e. The molecule has 0 saturated heterocycles. The van der Waals surface area contributed by atoms with Crippen molar-refractivity contribution in [2.45, 2.75) is 0 Å². The molecule has 0 bridgehead atoms. The van der Waals surface area contributed by atoms with E-state index in [4.69, 9.17) is 4.74 Å². The van der Waals surface area contributed by atoms with E-state index in [1.807, 2.05) is 30.3 Å². The van der Waals surface area contributed by atoms with Gasteiger partial charge in [0.15, 0.2) is 0 Å². The van der Waals surface area contributed by atoms with Crippen LogP contribution < -0.4 is 15.5 Å². The quantitative estimate of drug-likeness (QED) is 0.433. The summed E-state index contributed by atoms with van der Waals surface area (Å²) in [5, 5.41) is 8.37. The highest BCUT2D eigenvalue weighted by atomic mass is 16.5. The Morgan fingerprint density at radius 2 is 1.73 bits per heavy atom. The summed E-state index contributed by atoms with van der Waals surface area (Å²) in [6.07, 6.45) is 1.43. The minimum absolute atomic E-state index is 0.542. The number of amides is 2. The van der Waals surface area contributed by atoms with Gasteiger partial charge in [0.05, 0.1) is 13.3 Å². The molecule has 0 saturated carbocycles. The lowest BCUT2D eigenvalue weighted by Gasteiger charge is -2.05. The highest BCUT2D eigenvalue weighted by molar-refractivity contribution is 6.39. The van der Waals surface area contributed by atoms with Gasteiger partial charge in [0, 0.05) is 5.69 Å². The second-order valence-electron chi connectivity index (χ2n) is 5.49. The molecular weight excluding hydrogens is 330 g/mol. The zero-order chi connectivity index (χ0) is 18.4. The normalized spacial score (nSPS) is 10.7. The highest BCUT2D eigenvalue weighted by Crippen LogP contribution is 2.18. The smallest absolute Gasteiger partial charge is 0.329 e. The summed E-state index contributed by atoms with van der Waals surface area (Å²) < 4.78 is 5.10. The van der Waals surface area contributed by atoms with Gasteiger partial charge in [-0.25, -0.2) is 5.43 Å². The number of methoxy groups -OCH3 is 1. The molecule has 26 heavy (non-hydrogen) atoms. The van der Waals surface area contributed by atoms with Crippen LogP contribution in [0.15, 0.2) is 71.8 Å². The van der Waals surface area contributed by atoms with Crippen LogP contribution in [0, 0.1) is 0 Å². The predicted octanol–water partition coefficient (Wildman–Crippen LogP) is 2.94. The lowest BCUT2D eigenvalue weighted by atomic mass is 10.1. The molecule has 3 aromatic carbocycles. The Balaban J connectivity index is 1.60. The number of nitrogens with zero attached hydrogens (tertiary/aromatic N) is 1. The van der Waals surface area contributed by atoms with Crippen molar-refractivity contribution in [3.05, 3.63) is 72.3 Å². The number of fused-ring (bicyclic) bond motifs is 1. The number of nitrogens with one attached hydrogen (secondary N) is 2. The molecule has 0 radical (unpaired) electrons. The molecule has 0 spiro atoms. The standard InChI is InChI=1S/C20H17N3O3/c1-26-18-8-4-5-14(11-18)13-21-23-20(25)19(24)22-17-10-9-15-6-2-3-7-16(15)12-17/h2-13H,1H3,(H,22,24)(H,23,25)/b21-13+. The zero-order valence-corrected chi connectivity index (χ0v) is 14.1. The van der Waals surface area contributed by atoms with E-state index in [0.717, 1.165) is 16.3 Å². The number of carbonyl (C=O) groups excluding carboxylic acids is 2. The molecule has 2 amide bonds. The van der Waals surface area contributed by atoms with Crippen LogP contribution in [0.3, 0.4) is 0 Å². The van der Waals surface area contributed by atoms with Crippen molar-refractivity contribution in [1.29, 1.82) is 0 Å². The van der Waals surface area contributed by atoms with Crippen molar-refractivity contribution in [3.63, 3.8) is 0 Å². The van der Waals surface area contributed by atoms with Crippen LogP contribution in [0.2, 0.25) is 0 Å². The zero-order valence-electron chi connectivity index (χ0n) is 14.1. The molecule has 0 atom stereocenters. The molecular formula is C20H17N3O3. The van der Waals surface area contributed by atoms with Crippen LogP contribution in [0.1, 0.15) is 5.56 Å². The van der Waals surface area contributed by atoms with Gasteiger partial charge in [0.25, 0.3) is 0 Å². The maximum Gasteiger partial charge on any atom is 0.329 e. The van der Waals surface area contributed by atoms with Crippen molar-refractivity contribution >= 4 is 34.5 Å². The molecule has 0 aliphatic rings. The third-order valence-corrected chi connectivity index (χ3v) is 3.69. The predicted molar refractivity (Wildman–Crippen MR) is 101 cm³/mol. The van der Waals surface area contributed by atoms with Gasteiger partial charge in [-0.1, -0.05) is 42.5 Å². The minimum atomic E-state index is -0.850. The van der Waals surface area contributed by atoms with Gasteiger partial charge in [-0.05, 0) is 40.6 Å². The molecule has 0 aliphatic carbocycles. The molecule has 3 rings (SSSR count). The van der Waals surface area contributed by atoms with Crippen LogP contribution >= 0.6 is 0 Å². The summed E-state index contributed by atoms with van der Waals surface area (Å²) in [5.74, 6) is -0.963. The molecule has 6 heteroatoms. The Kier molecular flexibility index (Phi) is 5.24. The van der Waals surface area contributed by atoms with Crippen LogP contribution in [0.5, 0.6) is 5.75 Å². The van der Waals surface area contributed by atoms with Gasteiger partial charge in [-0.15, -0.1) is 0 Å². The number of rotatable bonds is 4. The molecule has 2 N–H and O–H groups in total. The number of hydrazone groups is 1. The van der Waals surface area contributed by atoms with E-state index < -0.39 is 11.8 Å². The molecule has 0 fully saturated rings. The van der Waals surface area contributed by atoms with Crippen molar-refractivity contribution in [2.75, 3.05) is 12.4 Å². The number of ether oxygens (including phenoxy) is 1. The maximum atomic E-state index is 12.0. The van der Waals surface area contributed by atoms with Gasteiger partial charge < -0.3 is 10.1 Å². The number of carbonyl (C=O) groups is 2. The van der Waals surface area contributed by atoms with Crippen LogP contribution in [0.25, 0.3) is 10.8 Å². The first-order valence-electron chi connectivity index (χ1n) is 7.93. The number of anilines is 1. The monoisotopic (exact) mass is 347 g/mol. The van der Waals surface area contributed by atoms with E-state index in [2.05, 4.69) is 15.8 Å². The summed E-state index contributed by atoms with van der Waals surface area (Å²) in [5.41, 5.74) is 3.48. The van der Waals surface area contributed by atoms with E-state index in [-0.39, 0.29) is 0 Å². The molecule has 130 valence electrons. The number of benzene rings is 3. The summed E-state index contributed by atoms with van der Waals surface area (Å²) in [4.78, 5) is 23.8. The molecule has 0 aromatic heterocycles. The van der Waals surface area contributed by atoms with E-state index in [1.165, 1.54) is 6.21 Å². The highest BCUT2D eigenvalue weighted by Gasteiger charge is 2.12. The molecule has 0 unspecified atom stereocenters. The fraction of sp³-hybridized carbons (Fsp3) is 0.0500. The van der Waals surface area contributed by atoms with Crippen molar-refractivity contribution < 1.29 is 14.3 Å². The molecule has 0 heterocycles. The average molecular weight is 347 g/mol. The van der Waals surface area contributed by atoms with E-state index in [1.54, 1.807) is 43.5 Å². The Morgan fingerprint density at radius 3 is 2.54 bits per heavy atom. The van der Waals surface area contributed by atoms with Gasteiger partial charge in [-0.3, -0.25) is 9.59 Å². The summed E-state index contributed by atoms with van der Waals surface area (Å²) in [6, 6.07) is 20.3. The van der Waals surface area contributed by atoms with E-state index >= 15 is 0 Å². The lowest BCUT2D eigenvalue weighted by Crippen LogP contribution is -2.32. The Labute approximate surface area is 150 Å². The average Bonchev–Trinajstić information content (AvgIpc) is 2.68. The first kappa shape index (κ1) is 17.2. The molecule has 3 aromatic rings. The van der Waals surface area contributed by atoms with Gasteiger partial charge in [-0.2, -0.15) is 5.10 Å². The van der Waals surface area contributed by atoms with E-state index in [0.29, 0.717) is 11.4 Å². The lowest BCUT2D eigenvalue weighted by molar-refractivity contribution is -0.136. The summed E-state index contributed by atoms with van der Waals surface area (Å²) in [6.45, 7) is 0. The summed E-state index contributed by atoms with van der Waals surface area (Å²) >= 11 is 0. The summed E-state index contributed by atoms with van der Waals surface area (Å²) in [7, 11) is 1.56. The first-order chi connectivity index (χ1) is 12.7. The van der Waals surface area contributed by atoms with Crippen molar-refractivity contribution in [1.82, 2.24) is 5.43 Å². The third kappa shape index (κ3) is 4.24. The van der Waals surface area contributed by atoms with Crippen LogP contribution in [0.4, 0.5) is 5.69 Å². The Bertz CT molecular complexity index is 983. The van der Waals surface area contributed by atoms with Crippen molar-refractivity contribution in [2.24, 2.45) is 5.10 Å². The van der Waals surface area contributed by atoms with Gasteiger partial charge in [0.1, 0.15) is 5.75 Å². The van der Waals surface area contributed by atoms with E-state index in [9.17, 15) is 9.59 Å². The number of hydrogen-bond donors (Lipinski definition) is 2. The van der Waals surface area contributed by atoms with Crippen LogP contribution in [-0.2, 0) is 9.59 Å². The topological polar surface area (TPSA) is 79.8 Å². The first-order valence-corrected chi connectivity index (χ1v) is 7.93. The fourth-order valence-electron chi connectivity index (χ4n) is 2.39. The SMILES string of the molecule is COc1cccc(/C=N/NC(=O)C(=O)Nc2ccc3ccccc3c2)c1. The minimum Gasteiger partial charge on any atom is -0.497 e. The Hall–Kier alpha value is -3.67. The fourth-order valence-corrected chi connectivity index (χ4v) is 2.39.